The van der Waals surface area contributed by atoms with Crippen LogP contribution in [0.25, 0.3) is 0 Å². The third kappa shape index (κ3) is 2.03. The molecule has 0 aromatic rings. The minimum Gasteiger partial charge on any atom is -0.363 e. The predicted molar refractivity (Wildman–Crippen MR) is 61.0 cm³/mol. The fourth-order valence-electron chi connectivity index (χ4n) is 2.33. The zero-order chi connectivity index (χ0) is 9.97. The van der Waals surface area contributed by atoms with Crippen molar-refractivity contribution in [1.29, 1.82) is 0 Å². The molecule has 0 heterocycles. The SMILES string of the molecule is C=CNC1=CC2CC[C@@H](Cl)CC2C=C1. The highest BCUT2D eigenvalue weighted by Crippen LogP contribution is 2.37. The summed E-state index contributed by atoms with van der Waals surface area (Å²) in [7, 11) is 0. The van der Waals surface area contributed by atoms with Crippen LogP contribution < -0.4 is 5.32 Å². The maximum atomic E-state index is 6.15. The summed E-state index contributed by atoms with van der Waals surface area (Å²) in [6.45, 7) is 3.66. The van der Waals surface area contributed by atoms with Gasteiger partial charge in [0.05, 0.1) is 0 Å². The van der Waals surface area contributed by atoms with Crippen LogP contribution in [0.15, 0.2) is 36.7 Å². The summed E-state index contributed by atoms with van der Waals surface area (Å²) >= 11 is 6.15. The van der Waals surface area contributed by atoms with Gasteiger partial charge in [0.15, 0.2) is 0 Å². The van der Waals surface area contributed by atoms with E-state index in [0.717, 1.165) is 12.8 Å². The average Bonchev–Trinajstić information content (AvgIpc) is 2.19. The molecular formula is C12H16ClN. The van der Waals surface area contributed by atoms with E-state index in [2.05, 4.69) is 30.1 Å². The van der Waals surface area contributed by atoms with Crippen LogP contribution in [-0.2, 0) is 0 Å². The Hall–Kier alpha value is -0.690. The van der Waals surface area contributed by atoms with E-state index in [4.69, 9.17) is 11.6 Å². The Morgan fingerprint density at radius 1 is 1.43 bits per heavy atom. The molecule has 2 aliphatic carbocycles. The Bertz CT molecular complexity index is 280. The molecule has 1 N–H and O–H groups in total. The van der Waals surface area contributed by atoms with Crippen molar-refractivity contribution in [2.45, 2.75) is 24.6 Å². The molecule has 2 rings (SSSR count). The fraction of sp³-hybridized carbons (Fsp3) is 0.500. The van der Waals surface area contributed by atoms with Crippen molar-refractivity contribution in [2.24, 2.45) is 11.8 Å². The first-order chi connectivity index (χ1) is 6.79. The maximum Gasteiger partial charge on any atom is 0.0342 e. The monoisotopic (exact) mass is 209 g/mol. The second kappa shape index (κ2) is 4.22. The molecule has 14 heavy (non-hydrogen) atoms. The van der Waals surface area contributed by atoms with Crippen molar-refractivity contribution in [1.82, 2.24) is 5.32 Å². The van der Waals surface area contributed by atoms with Gasteiger partial charge in [0, 0.05) is 11.1 Å². The molecule has 0 aliphatic heterocycles. The van der Waals surface area contributed by atoms with E-state index in [1.165, 1.54) is 12.1 Å². The summed E-state index contributed by atoms with van der Waals surface area (Å²) in [5, 5.41) is 3.51. The minimum atomic E-state index is 0.378. The lowest BCUT2D eigenvalue weighted by Gasteiger charge is -2.32. The summed E-state index contributed by atoms with van der Waals surface area (Å²) in [4.78, 5) is 0. The van der Waals surface area contributed by atoms with E-state index in [1.54, 1.807) is 6.20 Å². The molecule has 0 amide bonds. The number of fused-ring (bicyclic) bond motifs is 1. The summed E-state index contributed by atoms with van der Waals surface area (Å²) in [6.07, 6.45) is 11.9. The predicted octanol–water partition coefficient (Wildman–Crippen LogP) is 3.20. The van der Waals surface area contributed by atoms with E-state index in [9.17, 15) is 0 Å². The third-order valence-electron chi connectivity index (χ3n) is 3.08. The number of allylic oxidation sites excluding steroid dienone is 3. The molecule has 0 aromatic heterocycles. The first-order valence-electron chi connectivity index (χ1n) is 5.21. The molecule has 1 fully saturated rings. The quantitative estimate of drug-likeness (QED) is 0.689. The lowest BCUT2D eigenvalue weighted by molar-refractivity contribution is 0.337. The van der Waals surface area contributed by atoms with Gasteiger partial charge in [0.2, 0.25) is 0 Å². The van der Waals surface area contributed by atoms with Gasteiger partial charge in [-0.25, -0.2) is 0 Å². The van der Waals surface area contributed by atoms with Gasteiger partial charge in [-0.1, -0.05) is 18.7 Å². The van der Waals surface area contributed by atoms with Crippen molar-refractivity contribution in [2.75, 3.05) is 0 Å². The average molecular weight is 210 g/mol. The van der Waals surface area contributed by atoms with Crippen LogP contribution in [0.5, 0.6) is 0 Å². The van der Waals surface area contributed by atoms with Gasteiger partial charge in [-0.05, 0) is 43.4 Å². The highest BCUT2D eigenvalue weighted by Gasteiger charge is 2.28. The van der Waals surface area contributed by atoms with Crippen LogP contribution in [0.2, 0.25) is 0 Å². The van der Waals surface area contributed by atoms with Gasteiger partial charge in [0.25, 0.3) is 0 Å². The molecule has 2 aliphatic rings. The van der Waals surface area contributed by atoms with Crippen molar-refractivity contribution >= 4 is 11.6 Å². The van der Waals surface area contributed by atoms with Gasteiger partial charge >= 0.3 is 0 Å². The molecule has 0 saturated heterocycles. The highest BCUT2D eigenvalue weighted by atomic mass is 35.5. The van der Waals surface area contributed by atoms with Gasteiger partial charge in [-0.2, -0.15) is 0 Å². The number of hydrogen-bond donors (Lipinski definition) is 1. The summed E-state index contributed by atoms with van der Waals surface area (Å²) in [5.74, 6) is 1.33. The van der Waals surface area contributed by atoms with Crippen molar-refractivity contribution in [3.63, 3.8) is 0 Å². The minimum absolute atomic E-state index is 0.378. The lowest BCUT2D eigenvalue weighted by atomic mass is 9.76. The highest BCUT2D eigenvalue weighted by molar-refractivity contribution is 6.20. The number of alkyl halides is 1. The van der Waals surface area contributed by atoms with Gasteiger partial charge in [-0.15, -0.1) is 11.6 Å². The number of rotatable bonds is 2. The van der Waals surface area contributed by atoms with Gasteiger partial charge < -0.3 is 5.32 Å². The zero-order valence-corrected chi connectivity index (χ0v) is 9.00. The molecule has 3 atom stereocenters. The molecule has 0 aromatic carbocycles. The molecule has 2 heteroatoms. The normalized spacial score (nSPS) is 35.8. The number of halogens is 1. The zero-order valence-electron chi connectivity index (χ0n) is 8.25. The first-order valence-corrected chi connectivity index (χ1v) is 5.65. The van der Waals surface area contributed by atoms with Crippen LogP contribution in [-0.4, -0.2) is 5.38 Å². The number of hydrogen-bond acceptors (Lipinski definition) is 1. The van der Waals surface area contributed by atoms with Crippen molar-refractivity contribution in [3.05, 3.63) is 36.7 Å². The molecule has 1 nitrogen and oxygen atoms in total. The molecule has 2 unspecified atom stereocenters. The number of nitrogens with one attached hydrogen (secondary N) is 1. The van der Waals surface area contributed by atoms with Crippen LogP contribution in [0.4, 0.5) is 0 Å². The first kappa shape index (κ1) is 9.85. The third-order valence-corrected chi connectivity index (χ3v) is 3.47. The van der Waals surface area contributed by atoms with Crippen LogP contribution >= 0.6 is 11.6 Å². The van der Waals surface area contributed by atoms with Crippen LogP contribution in [0.1, 0.15) is 19.3 Å². The Kier molecular flexibility index (Phi) is 2.97. The maximum absolute atomic E-state index is 6.15. The summed E-state index contributed by atoms with van der Waals surface area (Å²) < 4.78 is 0. The van der Waals surface area contributed by atoms with E-state index in [-0.39, 0.29) is 0 Å². The molecule has 0 spiro atoms. The Morgan fingerprint density at radius 2 is 2.29 bits per heavy atom. The van der Waals surface area contributed by atoms with Crippen molar-refractivity contribution < 1.29 is 0 Å². The topological polar surface area (TPSA) is 12.0 Å². The van der Waals surface area contributed by atoms with E-state index in [0.29, 0.717) is 17.2 Å². The second-order valence-electron chi connectivity index (χ2n) is 4.07. The Labute approximate surface area is 90.5 Å². The molecule has 0 radical (unpaired) electrons. The molecular weight excluding hydrogens is 194 g/mol. The van der Waals surface area contributed by atoms with Crippen LogP contribution in [0, 0.1) is 11.8 Å². The Balaban J connectivity index is 2.05. The molecule has 1 saturated carbocycles. The lowest BCUT2D eigenvalue weighted by Crippen LogP contribution is -2.25. The molecule has 76 valence electrons. The second-order valence-corrected chi connectivity index (χ2v) is 4.68. The van der Waals surface area contributed by atoms with Crippen LogP contribution in [0.3, 0.4) is 0 Å². The van der Waals surface area contributed by atoms with Crippen molar-refractivity contribution in [3.8, 4) is 0 Å². The standard InChI is InChI=1S/C12H16ClN/c1-2-14-12-6-4-9-7-11(13)5-3-10(9)8-12/h2,4,6,8-11,14H,1,3,5,7H2/t9?,10?,11-/m1/s1. The molecule has 0 bridgehead atoms. The Morgan fingerprint density at radius 3 is 3.07 bits per heavy atom. The fourth-order valence-corrected chi connectivity index (χ4v) is 2.66. The summed E-state index contributed by atoms with van der Waals surface area (Å²) in [6, 6.07) is 0. The summed E-state index contributed by atoms with van der Waals surface area (Å²) in [5.41, 5.74) is 1.18. The van der Waals surface area contributed by atoms with E-state index < -0.39 is 0 Å². The van der Waals surface area contributed by atoms with Gasteiger partial charge in [-0.3, -0.25) is 0 Å². The van der Waals surface area contributed by atoms with Gasteiger partial charge in [0.1, 0.15) is 0 Å². The smallest absolute Gasteiger partial charge is 0.0342 e. The van der Waals surface area contributed by atoms with E-state index >= 15 is 0 Å². The largest absolute Gasteiger partial charge is 0.363 e. The van der Waals surface area contributed by atoms with E-state index in [1.807, 2.05) is 0 Å².